The van der Waals surface area contributed by atoms with Crippen LogP contribution in [0.1, 0.15) is 33.8 Å². The zero-order chi connectivity index (χ0) is 30.2. The largest absolute Gasteiger partial charge is 0.573 e. The molecule has 0 saturated heterocycles. The van der Waals surface area contributed by atoms with Gasteiger partial charge >= 0.3 is 18.7 Å². The molecule has 0 aliphatic rings. The SMILES string of the molecule is O=C(O)CCNC(=O)c1ccc(CC(C(=O)Nc2ccc(OC(F)(F)F)cc2)c2ccc(OC(F)(F)F)cc2)cc1. The lowest BCUT2D eigenvalue weighted by atomic mass is 9.90. The van der Waals surface area contributed by atoms with Crippen molar-refractivity contribution in [2.45, 2.75) is 31.5 Å². The van der Waals surface area contributed by atoms with E-state index in [0.29, 0.717) is 11.1 Å². The molecule has 3 aromatic rings. The number of ether oxygens (including phenoxy) is 2. The summed E-state index contributed by atoms with van der Waals surface area (Å²) in [5, 5.41) is 13.7. The molecular formula is C27H22F6N2O6. The Balaban J connectivity index is 1.79. The van der Waals surface area contributed by atoms with Crippen molar-refractivity contribution in [1.82, 2.24) is 5.32 Å². The Bertz CT molecular complexity index is 1340. The van der Waals surface area contributed by atoms with E-state index in [4.69, 9.17) is 5.11 Å². The van der Waals surface area contributed by atoms with Crippen molar-refractivity contribution in [1.29, 1.82) is 0 Å². The van der Waals surface area contributed by atoms with Crippen LogP contribution < -0.4 is 20.1 Å². The van der Waals surface area contributed by atoms with Gasteiger partial charge in [-0.15, -0.1) is 26.3 Å². The number of hydrogen-bond donors (Lipinski definition) is 3. The Morgan fingerprint density at radius 3 is 1.76 bits per heavy atom. The fourth-order valence-electron chi connectivity index (χ4n) is 3.65. The summed E-state index contributed by atoms with van der Waals surface area (Å²) in [4.78, 5) is 36.0. The fourth-order valence-corrected chi connectivity index (χ4v) is 3.65. The average Bonchev–Trinajstić information content (AvgIpc) is 2.87. The van der Waals surface area contributed by atoms with E-state index in [0.717, 1.165) is 24.3 Å². The molecular weight excluding hydrogens is 562 g/mol. The molecule has 41 heavy (non-hydrogen) atoms. The van der Waals surface area contributed by atoms with Crippen LogP contribution >= 0.6 is 0 Å². The molecule has 3 aromatic carbocycles. The van der Waals surface area contributed by atoms with Crippen molar-refractivity contribution in [3.8, 4) is 11.5 Å². The minimum absolute atomic E-state index is 0.0293. The second-order valence-electron chi connectivity index (χ2n) is 8.53. The predicted octanol–water partition coefficient (Wildman–Crippen LogP) is 5.65. The number of anilines is 1. The van der Waals surface area contributed by atoms with Crippen molar-refractivity contribution in [2.75, 3.05) is 11.9 Å². The van der Waals surface area contributed by atoms with Crippen LogP contribution in [-0.2, 0) is 16.0 Å². The highest BCUT2D eigenvalue weighted by Gasteiger charge is 2.32. The average molecular weight is 584 g/mol. The van der Waals surface area contributed by atoms with Gasteiger partial charge in [0.05, 0.1) is 12.3 Å². The maximum absolute atomic E-state index is 13.2. The van der Waals surface area contributed by atoms with Gasteiger partial charge in [-0.3, -0.25) is 14.4 Å². The van der Waals surface area contributed by atoms with Gasteiger partial charge in [0.1, 0.15) is 11.5 Å². The van der Waals surface area contributed by atoms with Gasteiger partial charge in [-0.1, -0.05) is 24.3 Å². The molecule has 3 N–H and O–H groups in total. The lowest BCUT2D eigenvalue weighted by Gasteiger charge is -2.19. The number of carboxylic acids is 1. The molecule has 0 radical (unpaired) electrons. The highest BCUT2D eigenvalue weighted by molar-refractivity contribution is 5.96. The Morgan fingerprint density at radius 1 is 0.756 bits per heavy atom. The number of aliphatic carboxylic acids is 1. The third-order valence-corrected chi connectivity index (χ3v) is 5.47. The number of carbonyl (C=O) groups is 3. The molecule has 218 valence electrons. The molecule has 8 nitrogen and oxygen atoms in total. The molecule has 0 bridgehead atoms. The van der Waals surface area contributed by atoms with Crippen molar-refractivity contribution in [3.63, 3.8) is 0 Å². The van der Waals surface area contributed by atoms with Crippen molar-refractivity contribution in [2.24, 2.45) is 0 Å². The van der Waals surface area contributed by atoms with Crippen LogP contribution in [0.25, 0.3) is 0 Å². The zero-order valence-corrected chi connectivity index (χ0v) is 20.9. The van der Waals surface area contributed by atoms with E-state index in [9.17, 15) is 40.7 Å². The number of carboxylic acid groups (broad SMARTS) is 1. The van der Waals surface area contributed by atoms with Crippen LogP contribution in [0.5, 0.6) is 11.5 Å². The highest BCUT2D eigenvalue weighted by Crippen LogP contribution is 2.29. The minimum atomic E-state index is -4.91. The van der Waals surface area contributed by atoms with E-state index in [2.05, 4.69) is 20.1 Å². The van der Waals surface area contributed by atoms with Crippen molar-refractivity contribution < 1.29 is 55.3 Å². The molecule has 0 spiro atoms. The van der Waals surface area contributed by atoms with E-state index in [-0.39, 0.29) is 30.6 Å². The van der Waals surface area contributed by atoms with Gasteiger partial charge in [0.15, 0.2) is 0 Å². The molecule has 14 heteroatoms. The van der Waals surface area contributed by atoms with Gasteiger partial charge in [-0.2, -0.15) is 0 Å². The maximum Gasteiger partial charge on any atom is 0.573 e. The molecule has 0 heterocycles. The summed E-state index contributed by atoms with van der Waals surface area (Å²) >= 11 is 0. The second kappa shape index (κ2) is 13.1. The van der Waals surface area contributed by atoms with E-state index in [1.165, 1.54) is 36.4 Å². The topological polar surface area (TPSA) is 114 Å². The summed E-state index contributed by atoms with van der Waals surface area (Å²) in [5.74, 6) is -4.18. The lowest BCUT2D eigenvalue weighted by molar-refractivity contribution is -0.275. The Labute approximate surface area is 228 Å². The summed E-state index contributed by atoms with van der Waals surface area (Å²) in [7, 11) is 0. The first kappa shape index (κ1) is 30.8. The number of amides is 2. The first-order chi connectivity index (χ1) is 19.2. The molecule has 0 saturated carbocycles. The number of alkyl halides is 6. The van der Waals surface area contributed by atoms with Crippen LogP contribution in [0.15, 0.2) is 72.8 Å². The molecule has 1 atom stereocenters. The molecule has 0 fully saturated rings. The van der Waals surface area contributed by atoms with Crippen LogP contribution in [0, 0.1) is 0 Å². The van der Waals surface area contributed by atoms with Crippen LogP contribution in [-0.4, -0.2) is 42.2 Å². The first-order valence-corrected chi connectivity index (χ1v) is 11.8. The van der Waals surface area contributed by atoms with Crippen molar-refractivity contribution in [3.05, 3.63) is 89.5 Å². The molecule has 3 rings (SSSR count). The second-order valence-corrected chi connectivity index (χ2v) is 8.53. The van der Waals surface area contributed by atoms with Crippen LogP contribution in [0.4, 0.5) is 32.0 Å². The van der Waals surface area contributed by atoms with Gasteiger partial charge in [-0.05, 0) is 66.1 Å². The zero-order valence-electron chi connectivity index (χ0n) is 20.9. The standard InChI is InChI=1S/C27H22F6N2O6/c28-26(29,30)40-20-9-5-17(6-10-20)22(25(39)35-19-7-11-21(12-8-19)41-27(31,32)33)15-16-1-3-18(4-2-16)24(38)34-14-13-23(36)37/h1-12,22H,13-15H2,(H,34,38)(H,35,39)(H,36,37). The summed E-state index contributed by atoms with van der Waals surface area (Å²) in [6, 6.07) is 15.0. The number of carbonyl (C=O) groups excluding carboxylic acids is 2. The van der Waals surface area contributed by atoms with E-state index in [1.54, 1.807) is 12.1 Å². The van der Waals surface area contributed by atoms with Gasteiger partial charge in [0, 0.05) is 17.8 Å². The van der Waals surface area contributed by atoms with Crippen LogP contribution in [0.2, 0.25) is 0 Å². The normalized spacial score (nSPS) is 12.2. The first-order valence-electron chi connectivity index (χ1n) is 11.8. The van der Waals surface area contributed by atoms with E-state index in [1.807, 2.05) is 0 Å². The smallest absolute Gasteiger partial charge is 0.481 e. The number of benzene rings is 3. The maximum atomic E-state index is 13.2. The number of nitrogens with one attached hydrogen (secondary N) is 2. The van der Waals surface area contributed by atoms with Crippen LogP contribution in [0.3, 0.4) is 0 Å². The minimum Gasteiger partial charge on any atom is -0.481 e. The monoisotopic (exact) mass is 584 g/mol. The van der Waals surface area contributed by atoms with E-state index >= 15 is 0 Å². The van der Waals surface area contributed by atoms with Gasteiger partial charge in [-0.25, -0.2) is 0 Å². The number of halogens is 6. The fraction of sp³-hybridized carbons (Fsp3) is 0.222. The van der Waals surface area contributed by atoms with E-state index < -0.39 is 47.9 Å². The third kappa shape index (κ3) is 10.4. The molecule has 2 amide bonds. The molecule has 0 aromatic heterocycles. The summed E-state index contributed by atoms with van der Waals surface area (Å²) in [6.45, 7) is -0.0739. The molecule has 0 aliphatic heterocycles. The molecule has 1 unspecified atom stereocenters. The summed E-state index contributed by atoms with van der Waals surface area (Å²) < 4.78 is 82.6. The summed E-state index contributed by atoms with van der Waals surface area (Å²) in [5.41, 5.74) is 1.25. The predicted molar refractivity (Wildman–Crippen MR) is 132 cm³/mol. The lowest BCUT2D eigenvalue weighted by Crippen LogP contribution is -2.26. The van der Waals surface area contributed by atoms with Gasteiger partial charge in [0.25, 0.3) is 5.91 Å². The molecule has 0 aliphatic carbocycles. The Kier molecular flexibility index (Phi) is 9.81. The number of hydrogen-bond acceptors (Lipinski definition) is 5. The quantitative estimate of drug-likeness (QED) is 0.251. The summed E-state index contributed by atoms with van der Waals surface area (Å²) in [6.07, 6.45) is -10.0. The highest BCUT2D eigenvalue weighted by atomic mass is 19.4. The van der Waals surface area contributed by atoms with Gasteiger partial charge < -0.3 is 25.2 Å². The van der Waals surface area contributed by atoms with Crippen molar-refractivity contribution >= 4 is 23.5 Å². The third-order valence-electron chi connectivity index (χ3n) is 5.47. The van der Waals surface area contributed by atoms with Gasteiger partial charge in [0.2, 0.25) is 5.91 Å². The Hall–Kier alpha value is -4.75. The number of rotatable bonds is 11. The Morgan fingerprint density at radius 2 is 1.27 bits per heavy atom.